The topological polar surface area (TPSA) is 85.2 Å². The van der Waals surface area contributed by atoms with Gasteiger partial charge in [-0.15, -0.1) is 0 Å². The molecule has 0 aliphatic rings. The number of hydrogen-bond acceptors (Lipinski definition) is 5. The SMILES string of the molecule is COc1ncc2c(n1)[nH]c(=O)c1cncn12. The van der Waals surface area contributed by atoms with Gasteiger partial charge < -0.3 is 9.72 Å². The van der Waals surface area contributed by atoms with Gasteiger partial charge in [0.2, 0.25) is 0 Å². The van der Waals surface area contributed by atoms with E-state index in [9.17, 15) is 4.79 Å². The van der Waals surface area contributed by atoms with Crippen molar-refractivity contribution in [1.82, 2.24) is 24.3 Å². The molecule has 0 atom stereocenters. The third-order valence-electron chi connectivity index (χ3n) is 2.29. The van der Waals surface area contributed by atoms with Crippen LogP contribution in [0.3, 0.4) is 0 Å². The highest BCUT2D eigenvalue weighted by atomic mass is 16.5. The maximum absolute atomic E-state index is 11.6. The van der Waals surface area contributed by atoms with E-state index in [1.165, 1.54) is 13.3 Å². The van der Waals surface area contributed by atoms with E-state index in [1.54, 1.807) is 16.9 Å². The van der Waals surface area contributed by atoms with Gasteiger partial charge in [-0.1, -0.05) is 0 Å². The molecule has 3 rings (SSSR count). The third kappa shape index (κ3) is 1.08. The number of H-pyrrole nitrogens is 1. The van der Waals surface area contributed by atoms with Gasteiger partial charge in [-0.05, 0) is 0 Å². The summed E-state index contributed by atoms with van der Waals surface area (Å²) >= 11 is 0. The number of hydrogen-bond donors (Lipinski definition) is 1. The molecule has 3 aromatic rings. The number of nitrogens with zero attached hydrogens (tertiary/aromatic N) is 4. The summed E-state index contributed by atoms with van der Waals surface area (Å²) < 4.78 is 6.52. The molecule has 0 saturated heterocycles. The van der Waals surface area contributed by atoms with Crippen LogP contribution in [0, 0.1) is 0 Å². The fourth-order valence-corrected chi connectivity index (χ4v) is 1.55. The van der Waals surface area contributed by atoms with Crippen molar-refractivity contribution in [2.75, 3.05) is 7.11 Å². The molecule has 16 heavy (non-hydrogen) atoms. The van der Waals surface area contributed by atoms with Crippen molar-refractivity contribution in [3.63, 3.8) is 0 Å². The highest BCUT2D eigenvalue weighted by Crippen LogP contribution is 2.11. The molecule has 0 bridgehead atoms. The number of rotatable bonds is 1. The number of ether oxygens (including phenoxy) is 1. The van der Waals surface area contributed by atoms with E-state index in [0.717, 1.165) is 0 Å². The lowest BCUT2D eigenvalue weighted by atomic mass is 10.4. The summed E-state index contributed by atoms with van der Waals surface area (Å²) in [6.45, 7) is 0. The Hall–Kier alpha value is -2.44. The highest BCUT2D eigenvalue weighted by molar-refractivity contribution is 5.73. The lowest BCUT2D eigenvalue weighted by Gasteiger charge is -2.02. The molecule has 0 fully saturated rings. The molecule has 0 aliphatic heterocycles. The van der Waals surface area contributed by atoms with Gasteiger partial charge in [0.15, 0.2) is 5.65 Å². The van der Waals surface area contributed by atoms with Crippen molar-refractivity contribution < 1.29 is 4.74 Å². The Balaban J connectivity index is 2.53. The van der Waals surface area contributed by atoms with Crippen molar-refractivity contribution in [1.29, 1.82) is 0 Å². The second kappa shape index (κ2) is 3.02. The van der Waals surface area contributed by atoms with E-state index in [2.05, 4.69) is 19.9 Å². The first-order chi connectivity index (χ1) is 7.79. The van der Waals surface area contributed by atoms with Crippen LogP contribution in [0.4, 0.5) is 0 Å². The van der Waals surface area contributed by atoms with Gasteiger partial charge in [-0.2, -0.15) is 4.98 Å². The molecule has 0 spiro atoms. The van der Waals surface area contributed by atoms with Crippen molar-refractivity contribution in [2.24, 2.45) is 0 Å². The highest BCUT2D eigenvalue weighted by Gasteiger charge is 2.07. The summed E-state index contributed by atoms with van der Waals surface area (Å²) in [6.07, 6.45) is 4.61. The van der Waals surface area contributed by atoms with Crippen LogP contribution < -0.4 is 10.3 Å². The fraction of sp³-hybridized carbons (Fsp3) is 0.111. The molecule has 0 saturated carbocycles. The molecular formula is C9H7N5O2. The molecule has 0 unspecified atom stereocenters. The summed E-state index contributed by atoms with van der Waals surface area (Å²) in [5.41, 5.74) is 1.31. The van der Waals surface area contributed by atoms with Crippen molar-refractivity contribution >= 4 is 16.7 Å². The van der Waals surface area contributed by atoms with Crippen molar-refractivity contribution in [3.05, 3.63) is 29.1 Å². The quantitative estimate of drug-likeness (QED) is 0.618. The maximum atomic E-state index is 11.6. The smallest absolute Gasteiger partial charge is 0.318 e. The molecule has 1 N–H and O–H groups in total. The molecule has 0 amide bonds. The molecule has 80 valence electrons. The van der Waals surface area contributed by atoms with Crippen LogP contribution in [0.2, 0.25) is 0 Å². The van der Waals surface area contributed by atoms with Crippen LogP contribution in [-0.2, 0) is 0 Å². The minimum atomic E-state index is -0.245. The number of aromatic amines is 1. The number of imidazole rings is 1. The summed E-state index contributed by atoms with van der Waals surface area (Å²) in [5, 5.41) is 0. The minimum absolute atomic E-state index is 0.211. The molecule has 3 aromatic heterocycles. The molecule has 0 radical (unpaired) electrons. The molecule has 7 nitrogen and oxygen atoms in total. The van der Waals surface area contributed by atoms with Gasteiger partial charge in [-0.25, -0.2) is 9.97 Å². The third-order valence-corrected chi connectivity index (χ3v) is 2.29. The van der Waals surface area contributed by atoms with E-state index in [0.29, 0.717) is 16.7 Å². The predicted molar refractivity (Wildman–Crippen MR) is 55.5 cm³/mol. The maximum Gasteiger partial charge on any atom is 0.318 e. The zero-order valence-corrected chi connectivity index (χ0v) is 8.34. The van der Waals surface area contributed by atoms with Crippen LogP contribution in [0.25, 0.3) is 16.7 Å². The largest absolute Gasteiger partial charge is 0.467 e. The lowest BCUT2D eigenvalue weighted by Crippen LogP contribution is -2.11. The van der Waals surface area contributed by atoms with E-state index in [1.807, 2.05) is 0 Å². The lowest BCUT2D eigenvalue weighted by molar-refractivity contribution is 0.381. The molecule has 0 aliphatic carbocycles. The van der Waals surface area contributed by atoms with Gasteiger partial charge in [0.25, 0.3) is 5.56 Å². The van der Waals surface area contributed by atoms with Crippen molar-refractivity contribution in [2.45, 2.75) is 0 Å². The molecule has 7 heteroatoms. The molecule has 3 heterocycles. The fourth-order valence-electron chi connectivity index (χ4n) is 1.55. The number of fused-ring (bicyclic) bond motifs is 3. The first-order valence-corrected chi connectivity index (χ1v) is 4.54. The number of nitrogens with one attached hydrogen (secondary N) is 1. The Morgan fingerprint density at radius 1 is 1.38 bits per heavy atom. The minimum Gasteiger partial charge on any atom is -0.467 e. The summed E-state index contributed by atoms with van der Waals surface area (Å²) in [7, 11) is 1.47. The Bertz CT molecular complexity index is 729. The number of aromatic nitrogens is 5. The monoisotopic (exact) mass is 217 g/mol. The van der Waals surface area contributed by atoms with Gasteiger partial charge in [0.1, 0.15) is 11.0 Å². The van der Waals surface area contributed by atoms with E-state index < -0.39 is 0 Å². The van der Waals surface area contributed by atoms with Crippen LogP contribution >= 0.6 is 0 Å². The first-order valence-electron chi connectivity index (χ1n) is 4.54. The standard InChI is InChI=1S/C9H7N5O2/c1-16-9-11-3-5-7(13-9)12-8(15)6-2-10-4-14(5)6/h2-4H,1H3,(H,11,12,13,15). The summed E-state index contributed by atoms with van der Waals surface area (Å²) in [4.78, 5) is 26.2. The van der Waals surface area contributed by atoms with E-state index in [4.69, 9.17) is 4.74 Å². The average Bonchev–Trinajstić information content (AvgIpc) is 2.78. The van der Waals surface area contributed by atoms with Crippen LogP contribution in [0.5, 0.6) is 6.01 Å². The van der Waals surface area contributed by atoms with Gasteiger partial charge >= 0.3 is 6.01 Å². The van der Waals surface area contributed by atoms with Gasteiger partial charge in [-0.3, -0.25) is 9.20 Å². The number of methoxy groups -OCH3 is 1. The summed E-state index contributed by atoms with van der Waals surface area (Å²) in [5.74, 6) is 0. The average molecular weight is 217 g/mol. The van der Waals surface area contributed by atoms with Gasteiger partial charge in [0, 0.05) is 0 Å². The molecular weight excluding hydrogens is 210 g/mol. The molecule has 0 aromatic carbocycles. The van der Waals surface area contributed by atoms with Gasteiger partial charge in [0.05, 0.1) is 25.8 Å². The second-order valence-electron chi connectivity index (χ2n) is 3.19. The van der Waals surface area contributed by atoms with E-state index >= 15 is 0 Å². The Morgan fingerprint density at radius 2 is 2.25 bits per heavy atom. The zero-order chi connectivity index (χ0) is 11.1. The Kier molecular flexibility index (Phi) is 1.67. The Morgan fingerprint density at radius 3 is 3.06 bits per heavy atom. The van der Waals surface area contributed by atoms with Crippen LogP contribution in [0.1, 0.15) is 0 Å². The normalized spacial score (nSPS) is 11.1. The summed E-state index contributed by atoms with van der Waals surface area (Å²) in [6, 6.07) is 0.211. The second-order valence-corrected chi connectivity index (χ2v) is 3.19. The first kappa shape index (κ1) is 8.84. The zero-order valence-electron chi connectivity index (χ0n) is 8.34. The van der Waals surface area contributed by atoms with Crippen molar-refractivity contribution in [3.8, 4) is 6.01 Å². The van der Waals surface area contributed by atoms with Crippen LogP contribution in [-0.4, -0.2) is 31.4 Å². The van der Waals surface area contributed by atoms with Crippen LogP contribution in [0.15, 0.2) is 23.5 Å². The predicted octanol–water partition coefficient (Wildman–Crippen LogP) is -0.0256. The Labute approximate surface area is 88.7 Å². The van der Waals surface area contributed by atoms with E-state index in [-0.39, 0.29) is 11.6 Å².